The normalized spacial score (nSPS) is 17.9. The van der Waals surface area contributed by atoms with Crippen LogP contribution < -0.4 is 10.5 Å². The Labute approximate surface area is 82.9 Å². The van der Waals surface area contributed by atoms with Crippen LogP contribution in [0.2, 0.25) is 0 Å². The van der Waals surface area contributed by atoms with Crippen molar-refractivity contribution < 1.29 is 9.13 Å². The first kappa shape index (κ1) is 9.46. The number of nitrogens with two attached hydrogens (primary N) is 1. The fourth-order valence-corrected chi connectivity index (χ4v) is 1.56. The first-order valence-electron chi connectivity index (χ1n) is 4.87. The Hall–Kier alpha value is -1.09. The van der Waals surface area contributed by atoms with Gasteiger partial charge in [0.2, 0.25) is 0 Å². The minimum atomic E-state index is -0.408. The maximum atomic E-state index is 13.5. The third kappa shape index (κ3) is 1.60. The molecule has 0 amide bonds. The van der Waals surface area contributed by atoms with Crippen LogP contribution in [-0.2, 0) is 5.54 Å². The standard InChI is InChI=1S/C11H14FNO/c1-2-14-8-3-4-9(10(12)7-8)11(13)5-6-11/h3-4,7H,2,5-6,13H2,1H3. The lowest BCUT2D eigenvalue weighted by atomic mass is 10.1. The highest BCUT2D eigenvalue weighted by Gasteiger charge is 2.41. The van der Waals surface area contributed by atoms with E-state index in [0.29, 0.717) is 17.9 Å². The third-order valence-corrected chi connectivity index (χ3v) is 2.58. The lowest BCUT2D eigenvalue weighted by molar-refractivity contribution is 0.337. The average molecular weight is 195 g/mol. The van der Waals surface area contributed by atoms with Crippen molar-refractivity contribution in [3.63, 3.8) is 0 Å². The zero-order valence-electron chi connectivity index (χ0n) is 8.22. The summed E-state index contributed by atoms with van der Waals surface area (Å²) in [5.74, 6) is 0.314. The number of ether oxygens (including phenoxy) is 1. The molecule has 1 fully saturated rings. The highest BCUT2D eigenvalue weighted by molar-refractivity contribution is 5.36. The van der Waals surface area contributed by atoms with Crippen LogP contribution in [0.3, 0.4) is 0 Å². The highest BCUT2D eigenvalue weighted by atomic mass is 19.1. The van der Waals surface area contributed by atoms with E-state index < -0.39 is 5.54 Å². The van der Waals surface area contributed by atoms with Gasteiger partial charge in [-0.15, -0.1) is 0 Å². The molecule has 0 atom stereocenters. The molecule has 1 aliphatic rings. The molecule has 0 spiro atoms. The first-order chi connectivity index (χ1) is 6.65. The van der Waals surface area contributed by atoms with Crippen LogP contribution >= 0.6 is 0 Å². The number of rotatable bonds is 3. The van der Waals surface area contributed by atoms with E-state index in [9.17, 15) is 4.39 Å². The molecule has 76 valence electrons. The van der Waals surface area contributed by atoms with Crippen LogP contribution in [0.5, 0.6) is 5.75 Å². The second kappa shape index (κ2) is 3.24. The molecule has 1 aliphatic carbocycles. The molecule has 0 heterocycles. The van der Waals surface area contributed by atoms with Gasteiger partial charge >= 0.3 is 0 Å². The Kier molecular flexibility index (Phi) is 2.19. The topological polar surface area (TPSA) is 35.2 Å². The Morgan fingerprint density at radius 3 is 2.71 bits per heavy atom. The summed E-state index contributed by atoms with van der Waals surface area (Å²) >= 11 is 0. The molecule has 0 aliphatic heterocycles. The van der Waals surface area contributed by atoms with Crippen molar-refractivity contribution >= 4 is 0 Å². The minimum Gasteiger partial charge on any atom is -0.494 e. The summed E-state index contributed by atoms with van der Waals surface area (Å²) in [5.41, 5.74) is 6.12. The Morgan fingerprint density at radius 2 is 2.21 bits per heavy atom. The van der Waals surface area contributed by atoms with Crippen molar-refractivity contribution in [3.8, 4) is 5.75 Å². The minimum absolute atomic E-state index is 0.254. The Balaban J connectivity index is 2.27. The molecular formula is C11H14FNO. The van der Waals surface area contributed by atoms with Gasteiger partial charge < -0.3 is 10.5 Å². The average Bonchev–Trinajstić information content (AvgIpc) is 2.85. The number of hydrogen-bond acceptors (Lipinski definition) is 2. The summed E-state index contributed by atoms with van der Waals surface area (Å²) in [6, 6.07) is 4.91. The van der Waals surface area contributed by atoms with E-state index >= 15 is 0 Å². The maximum Gasteiger partial charge on any atom is 0.131 e. The van der Waals surface area contributed by atoms with Gasteiger partial charge in [0.25, 0.3) is 0 Å². The van der Waals surface area contributed by atoms with Gasteiger partial charge in [-0.2, -0.15) is 0 Å². The fraction of sp³-hybridized carbons (Fsp3) is 0.455. The van der Waals surface area contributed by atoms with Crippen molar-refractivity contribution in [2.24, 2.45) is 5.73 Å². The van der Waals surface area contributed by atoms with E-state index in [4.69, 9.17) is 10.5 Å². The Bertz CT molecular complexity index is 347. The van der Waals surface area contributed by atoms with Gasteiger partial charge in [-0.25, -0.2) is 4.39 Å². The second-order valence-electron chi connectivity index (χ2n) is 3.73. The molecule has 2 N–H and O–H groups in total. The molecule has 14 heavy (non-hydrogen) atoms. The molecule has 1 aromatic carbocycles. The molecule has 1 saturated carbocycles. The zero-order valence-corrected chi connectivity index (χ0v) is 8.22. The second-order valence-corrected chi connectivity index (χ2v) is 3.73. The predicted molar refractivity (Wildman–Crippen MR) is 52.7 cm³/mol. The lowest BCUT2D eigenvalue weighted by Crippen LogP contribution is -2.20. The van der Waals surface area contributed by atoms with Gasteiger partial charge in [0.1, 0.15) is 11.6 Å². The van der Waals surface area contributed by atoms with Crippen molar-refractivity contribution in [3.05, 3.63) is 29.6 Å². The van der Waals surface area contributed by atoms with E-state index in [1.54, 1.807) is 12.1 Å². The number of halogens is 1. The predicted octanol–water partition coefficient (Wildman–Crippen LogP) is 2.17. The van der Waals surface area contributed by atoms with Crippen molar-refractivity contribution in [1.29, 1.82) is 0 Å². The quantitative estimate of drug-likeness (QED) is 0.802. The van der Waals surface area contributed by atoms with Gasteiger partial charge in [0.15, 0.2) is 0 Å². The lowest BCUT2D eigenvalue weighted by Gasteiger charge is -2.11. The Morgan fingerprint density at radius 1 is 1.50 bits per heavy atom. The summed E-state index contributed by atoms with van der Waals surface area (Å²) in [6.07, 6.45) is 1.75. The number of benzene rings is 1. The van der Waals surface area contributed by atoms with E-state index in [-0.39, 0.29) is 5.82 Å². The molecule has 2 nitrogen and oxygen atoms in total. The molecule has 0 bridgehead atoms. The largest absolute Gasteiger partial charge is 0.494 e. The molecule has 2 rings (SSSR count). The van der Waals surface area contributed by atoms with E-state index in [1.807, 2.05) is 6.92 Å². The summed E-state index contributed by atoms with van der Waals surface area (Å²) in [7, 11) is 0. The van der Waals surface area contributed by atoms with Gasteiger partial charge in [-0.05, 0) is 25.8 Å². The fourth-order valence-electron chi connectivity index (χ4n) is 1.56. The van der Waals surface area contributed by atoms with Gasteiger partial charge in [-0.3, -0.25) is 0 Å². The summed E-state index contributed by atoms with van der Waals surface area (Å²) < 4.78 is 18.7. The maximum absolute atomic E-state index is 13.5. The highest BCUT2D eigenvalue weighted by Crippen LogP contribution is 2.44. The van der Waals surface area contributed by atoms with Crippen LogP contribution in [0.4, 0.5) is 4.39 Å². The van der Waals surface area contributed by atoms with Crippen molar-refractivity contribution in [1.82, 2.24) is 0 Å². The molecule has 0 saturated heterocycles. The molecule has 0 aromatic heterocycles. The van der Waals surface area contributed by atoms with E-state index in [1.165, 1.54) is 6.07 Å². The smallest absolute Gasteiger partial charge is 0.131 e. The van der Waals surface area contributed by atoms with Gasteiger partial charge in [-0.1, -0.05) is 6.07 Å². The SMILES string of the molecule is CCOc1ccc(C2(N)CC2)c(F)c1. The third-order valence-electron chi connectivity index (χ3n) is 2.58. The monoisotopic (exact) mass is 195 g/mol. The zero-order chi connectivity index (χ0) is 10.2. The van der Waals surface area contributed by atoms with Gasteiger partial charge in [0.05, 0.1) is 6.61 Å². The van der Waals surface area contributed by atoms with Crippen LogP contribution in [0.1, 0.15) is 25.3 Å². The summed E-state index contributed by atoms with van der Waals surface area (Å²) in [5, 5.41) is 0. The molecule has 1 aromatic rings. The van der Waals surface area contributed by atoms with E-state index in [0.717, 1.165) is 12.8 Å². The molecule has 3 heteroatoms. The van der Waals surface area contributed by atoms with Crippen molar-refractivity contribution in [2.75, 3.05) is 6.61 Å². The van der Waals surface area contributed by atoms with Gasteiger partial charge in [0, 0.05) is 17.2 Å². The van der Waals surface area contributed by atoms with Crippen LogP contribution in [0.15, 0.2) is 18.2 Å². The van der Waals surface area contributed by atoms with E-state index in [2.05, 4.69) is 0 Å². The van der Waals surface area contributed by atoms with Crippen LogP contribution in [0.25, 0.3) is 0 Å². The van der Waals surface area contributed by atoms with Crippen molar-refractivity contribution in [2.45, 2.75) is 25.3 Å². The number of hydrogen-bond donors (Lipinski definition) is 1. The van der Waals surface area contributed by atoms with Crippen LogP contribution in [0, 0.1) is 5.82 Å². The first-order valence-corrected chi connectivity index (χ1v) is 4.87. The molecule has 0 radical (unpaired) electrons. The molecule has 0 unspecified atom stereocenters. The summed E-state index contributed by atoms with van der Waals surface area (Å²) in [6.45, 7) is 2.42. The summed E-state index contributed by atoms with van der Waals surface area (Å²) in [4.78, 5) is 0. The molecular weight excluding hydrogens is 181 g/mol. The van der Waals surface area contributed by atoms with Crippen LogP contribution in [-0.4, -0.2) is 6.61 Å².